The van der Waals surface area contributed by atoms with E-state index < -0.39 is 0 Å². The van der Waals surface area contributed by atoms with Gasteiger partial charge in [0, 0.05) is 27.3 Å². The predicted molar refractivity (Wildman–Crippen MR) is 70.3 cm³/mol. The van der Waals surface area contributed by atoms with E-state index in [1.54, 1.807) is 25.5 Å². The molecule has 0 atom stereocenters. The number of Topliss-reactive ketones (excluding diaryl/α,β-unsaturated/α-hetero) is 1. The lowest BCUT2D eigenvalue weighted by Gasteiger charge is -2.06. The van der Waals surface area contributed by atoms with E-state index >= 15 is 0 Å². The van der Waals surface area contributed by atoms with Crippen molar-refractivity contribution < 1.29 is 4.79 Å². The molecule has 2 rings (SSSR count). The van der Waals surface area contributed by atoms with Crippen molar-refractivity contribution in [3.8, 4) is 0 Å². The average molecular weight is 309 g/mol. The lowest BCUT2D eigenvalue weighted by Crippen LogP contribution is -1.95. The number of halogens is 1. The lowest BCUT2D eigenvalue weighted by molar-refractivity contribution is 0.101. The SMILES string of the molecule is CC(=O)c1ccc(Br)cc1Sc1cnccn1. The molecular weight excluding hydrogens is 300 g/mol. The maximum Gasteiger partial charge on any atom is 0.160 e. The van der Waals surface area contributed by atoms with Crippen LogP contribution in [0.3, 0.4) is 0 Å². The number of hydrogen-bond acceptors (Lipinski definition) is 4. The molecule has 0 aliphatic heterocycles. The Kier molecular flexibility index (Phi) is 3.91. The molecule has 0 bridgehead atoms. The van der Waals surface area contributed by atoms with Gasteiger partial charge in [0.1, 0.15) is 5.03 Å². The summed E-state index contributed by atoms with van der Waals surface area (Å²) in [5.41, 5.74) is 0.698. The van der Waals surface area contributed by atoms with Gasteiger partial charge in [0.25, 0.3) is 0 Å². The van der Waals surface area contributed by atoms with Gasteiger partial charge >= 0.3 is 0 Å². The van der Waals surface area contributed by atoms with Gasteiger partial charge in [-0.2, -0.15) is 0 Å². The van der Waals surface area contributed by atoms with Crippen molar-refractivity contribution in [3.05, 3.63) is 46.8 Å². The highest BCUT2D eigenvalue weighted by Crippen LogP contribution is 2.31. The van der Waals surface area contributed by atoms with Crippen LogP contribution in [0.5, 0.6) is 0 Å². The second-order valence-corrected chi connectivity index (χ2v) is 5.32. The van der Waals surface area contributed by atoms with Gasteiger partial charge in [-0.05, 0) is 25.1 Å². The topological polar surface area (TPSA) is 42.9 Å². The first kappa shape index (κ1) is 12.3. The van der Waals surface area contributed by atoms with Crippen LogP contribution >= 0.6 is 27.7 Å². The lowest BCUT2D eigenvalue weighted by atomic mass is 10.1. The Morgan fingerprint density at radius 1 is 1.35 bits per heavy atom. The molecule has 86 valence electrons. The van der Waals surface area contributed by atoms with E-state index in [-0.39, 0.29) is 5.78 Å². The Hall–Kier alpha value is -1.20. The standard InChI is InChI=1S/C12H9BrN2OS/c1-8(16)10-3-2-9(13)6-11(10)17-12-7-14-4-5-15-12/h2-7H,1H3. The maximum absolute atomic E-state index is 11.5. The van der Waals surface area contributed by atoms with Crippen molar-refractivity contribution in [3.63, 3.8) is 0 Å². The summed E-state index contributed by atoms with van der Waals surface area (Å²) in [7, 11) is 0. The molecule has 0 saturated heterocycles. The van der Waals surface area contributed by atoms with Gasteiger partial charge in [0.05, 0.1) is 6.20 Å². The zero-order valence-electron chi connectivity index (χ0n) is 9.05. The number of ketones is 1. The highest BCUT2D eigenvalue weighted by Gasteiger charge is 2.09. The van der Waals surface area contributed by atoms with Crippen LogP contribution in [0.15, 0.2) is 51.2 Å². The highest BCUT2D eigenvalue weighted by atomic mass is 79.9. The Morgan fingerprint density at radius 3 is 2.82 bits per heavy atom. The van der Waals surface area contributed by atoms with Crippen LogP contribution in [-0.4, -0.2) is 15.8 Å². The summed E-state index contributed by atoms with van der Waals surface area (Å²) >= 11 is 4.83. The summed E-state index contributed by atoms with van der Waals surface area (Å²) in [6.45, 7) is 1.56. The normalized spacial score (nSPS) is 10.2. The zero-order valence-corrected chi connectivity index (χ0v) is 11.5. The van der Waals surface area contributed by atoms with Crippen LogP contribution in [0, 0.1) is 0 Å². The summed E-state index contributed by atoms with van der Waals surface area (Å²) in [5, 5.41) is 0.771. The van der Waals surface area contributed by atoms with Crippen molar-refractivity contribution in [1.29, 1.82) is 0 Å². The first-order valence-corrected chi connectivity index (χ1v) is 6.52. The summed E-state index contributed by atoms with van der Waals surface area (Å²) in [5.74, 6) is 0.0453. The number of carbonyl (C=O) groups excluding carboxylic acids is 1. The zero-order chi connectivity index (χ0) is 12.3. The van der Waals surface area contributed by atoms with Crippen molar-refractivity contribution in [1.82, 2.24) is 9.97 Å². The van der Waals surface area contributed by atoms with Crippen LogP contribution in [0.25, 0.3) is 0 Å². The summed E-state index contributed by atoms with van der Waals surface area (Å²) < 4.78 is 0.939. The maximum atomic E-state index is 11.5. The first-order valence-electron chi connectivity index (χ1n) is 4.91. The summed E-state index contributed by atoms with van der Waals surface area (Å²) in [4.78, 5) is 20.6. The van der Waals surface area contributed by atoms with E-state index in [9.17, 15) is 4.79 Å². The van der Waals surface area contributed by atoms with E-state index in [1.807, 2.05) is 18.2 Å². The molecule has 2 aromatic rings. The summed E-state index contributed by atoms with van der Waals surface area (Å²) in [6.07, 6.45) is 4.93. The molecule has 0 spiro atoms. The van der Waals surface area contributed by atoms with E-state index in [2.05, 4.69) is 25.9 Å². The van der Waals surface area contributed by atoms with Gasteiger partial charge in [-0.15, -0.1) is 0 Å². The molecule has 1 aromatic heterocycles. The second kappa shape index (κ2) is 5.42. The molecule has 0 unspecified atom stereocenters. The van der Waals surface area contributed by atoms with Crippen molar-refractivity contribution >= 4 is 33.5 Å². The van der Waals surface area contributed by atoms with Gasteiger partial charge in [-0.3, -0.25) is 9.78 Å². The van der Waals surface area contributed by atoms with E-state index in [1.165, 1.54) is 11.8 Å². The fourth-order valence-corrected chi connectivity index (χ4v) is 2.79. The Morgan fingerprint density at radius 2 is 2.18 bits per heavy atom. The molecule has 0 aliphatic rings. The molecule has 0 amide bonds. The van der Waals surface area contributed by atoms with Crippen LogP contribution in [0.1, 0.15) is 17.3 Å². The van der Waals surface area contributed by atoms with Crippen LogP contribution in [-0.2, 0) is 0 Å². The molecule has 0 radical (unpaired) electrons. The van der Waals surface area contributed by atoms with Gasteiger partial charge in [-0.25, -0.2) is 4.98 Å². The van der Waals surface area contributed by atoms with Crippen molar-refractivity contribution in [2.45, 2.75) is 16.8 Å². The largest absolute Gasteiger partial charge is 0.294 e. The van der Waals surface area contributed by atoms with E-state index in [4.69, 9.17) is 0 Å². The molecule has 0 N–H and O–H groups in total. The molecule has 0 saturated carbocycles. The number of aromatic nitrogens is 2. The Bertz CT molecular complexity index is 545. The number of nitrogens with zero attached hydrogens (tertiary/aromatic N) is 2. The third-order valence-corrected chi connectivity index (χ3v) is 3.55. The van der Waals surface area contributed by atoms with E-state index in [0.717, 1.165) is 14.4 Å². The minimum absolute atomic E-state index is 0.0453. The predicted octanol–water partition coefficient (Wildman–Crippen LogP) is 3.59. The van der Waals surface area contributed by atoms with Gasteiger partial charge < -0.3 is 0 Å². The fraction of sp³-hybridized carbons (Fsp3) is 0.0833. The monoisotopic (exact) mass is 308 g/mol. The third kappa shape index (κ3) is 3.14. The average Bonchev–Trinajstić information content (AvgIpc) is 2.30. The molecule has 3 nitrogen and oxygen atoms in total. The molecule has 0 fully saturated rings. The van der Waals surface area contributed by atoms with Gasteiger partial charge in [0.15, 0.2) is 5.78 Å². The Labute approximate surface area is 112 Å². The Balaban J connectivity index is 2.37. The molecule has 5 heteroatoms. The highest BCUT2D eigenvalue weighted by molar-refractivity contribution is 9.10. The number of carbonyl (C=O) groups is 1. The molecule has 1 aromatic carbocycles. The minimum Gasteiger partial charge on any atom is -0.294 e. The van der Waals surface area contributed by atoms with Crippen molar-refractivity contribution in [2.75, 3.05) is 0 Å². The molecule has 0 aliphatic carbocycles. The number of hydrogen-bond donors (Lipinski definition) is 0. The number of benzene rings is 1. The molecule has 17 heavy (non-hydrogen) atoms. The summed E-state index contributed by atoms with van der Waals surface area (Å²) in [6, 6.07) is 5.58. The van der Waals surface area contributed by atoms with E-state index in [0.29, 0.717) is 5.56 Å². The number of rotatable bonds is 3. The van der Waals surface area contributed by atoms with Crippen molar-refractivity contribution in [2.24, 2.45) is 0 Å². The van der Waals surface area contributed by atoms with Gasteiger partial charge in [-0.1, -0.05) is 27.7 Å². The third-order valence-electron chi connectivity index (χ3n) is 2.08. The van der Waals surface area contributed by atoms with Crippen LogP contribution in [0.4, 0.5) is 0 Å². The van der Waals surface area contributed by atoms with Gasteiger partial charge in [0.2, 0.25) is 0 Å². The minimum atomic E-state index is 0.0453. The fourth-order valence-electron chi connectivity index (χ4n) is 1.32. The first-order chi connectivity index (χ1) is 8.16. The quantitative estimate of drug-likeness (QED) is 0.813. The second-order valence-electron chi connectivity index (χ2n) is 3.34. The molecular formula is C12H9BrN2OS. The van der Waals surface area contributed by atoms with Crippen LogP contribution in [0.2, 0.25) is 0 Å². The molecule has 1 heterocycles. The van der Waals surface area contributed by atoms with Crippen LogP contribution < -0.4 is 0 Å². The smallest absolute Gasteiger partial charge is 0.160 e.